The Morgan fingerprint density at radius 1 is 0.545 bits per heavy atom. The fourth-order valence-corrected chi connectivity index (χ4v) is 4.24. The van der Waals surface area contributed by atoms with E-state index in [1.54, 1.807) is 0 Å². The molecule has 55 heavy (non-hydrogen) atoms. The van der Waals surface area contributed by atoms with E-state index in [1.165, 1.54) is 30.3 Å². The number of hydrogen-bond acceptors (Lipinski definition) is 3. The van der Waals surface area contributed by atoms with Crippen LogP contribution < -0.4 is 10.6 Å². The van der Waals surface area contributed by atoms with Crippen LogP contribution in [0.5, 0.6) is 0 Å². The topological polar surface area (TPSA) is 67.4 Å². The minimum absolute atomic E-state index is 0.0304. The summed E-state index contributed by atoms with van der Waals surface area (Å²) in [4.78, 5) is 24.5. The number of rotatable bonds is 15. The minimum Gasteiger partial charge on any atom is -0.444 e. The fraction of sp³-hybridized carbons (Fsp3) is 0.533. The van der Waals surface area contributed by atoms with Gasteiger partial charge in [0.05, 0.1) is 5.56 Å². The van der Waals surface area contributed by atoms with Crippen molar-refractivity contribution in [2.24, 2.45) is 0 Å². The van der Waals surface area contributed by atoms with Crippen molar-refractivity contribution < 1.29 is 102 Å². The van der Waals surface area contributed by atoms with E-state index in [4.69, 9.17) is 0 Å². The number of halogens is 20. The van der Waals surface area contributed by atoms with E-state index >= 15 is 0 Å². The van der Waals surface area contributed by atoms with Gasteiger partial charge in [0.2, 0.25) is 0 Å². The second-order valence-electron chi connectivity index (χ2n) is 12.2. The third-order valence-corrected chi connectivity index (χ3v) is 7.56. The molecule has 0 atom stereocenters. The van der Waals surface area contributed by atoms with Crippen LogP contribution in [0.15, 0.2) is 48.5 Å². The Morgan fingerprint density at radius 2 is 1.00 bits per heavy atom. The maximum atomic E-state index is 14.3. The zero-order valence-corrected chi connectivity index (χ0v) is 27.2. The predicted octanol–water partition coefficient (Wildman–Crippen LogP) is 10.4. The van der Waals surface area contributed by atoms with Crippen LogP contribution in [0.25, 0.3) is 0 Å². The number of ether oxygens (including phenoxy) is 1. The first kappa shape index (κ1) is 46.9. The summed E-state index contributed by atoms with van der Waals surface area (Å²) in [7, 11) is 0. The van der Waals surface area contributed by atoms with Crippen molar-refractivity contribution in [3.63, 3.8) is 0 Å². The molecule has 0 fully saturated rings. The van der Waals surface area contributed by atoms with Crippen LogP contribution in [-0.4, -0.2) is 65.2 Å². The third kappa shape index (κ3) is 9.26. The molecule has 312 valence electrons. The van der Waals surface area contributed by atoms with Crippen LogP contribution in [0, 0.1) is 0 Å². The normalized spacial score (nSPS) is 14.4. The molecular formula is C30H24F20N2O3. The first-order chi connectivity index (χ1) is 24.4. The molecule has 2 aromatic carbocycles. The van der Waals surface area contributed by atoms with Crippen molar-refractivity contribution in [3.8, 4) is 0 Å². The number of alkyl carbamates (subject to hydrolysis) is 1. The first-order valence-corrected chi connectivity index (χ1v) is 14.6. The molecule has 2 amide bonds. The molecule has 0 aliphatic carbocycles. The number of nitrogens with one attached hydrogen (secondary N) is 2. The highest BCUT2D eigenvalue weighted by molar-refractivity contribution is 5.94. The van der Waals surface area contributed by atoms with Gasteiger partial charge in [-0.25, -0.2) is 4.79 Å². The van der Waals surface area contributed by atoms with Crippen LogP contribution in [0.2, 0.25) is 0 Å². The van der Waals surface area contributed by atoms with Gasteiger partial charge >= 0.3 is 59.9 Å². The van der Waals surface area contributed by atoms with Gasteiger partial charge in [-0.3, -0.25) is 4.79 Å². The van der Waals surface area contributed by atoms with E-state index in [0.717, 1.165) is 18.2 Å². The summed E-state index contributed by atoms with van der Waals surface area (Å²) < 4.78 is 273. The summed E-state index contributed by atoms with van der Waals surface area (Å²) in [5.74, 6) is -58.0. The van der Waals surface area contributed by atoms with Gasteiger partial charge in [0.15, 0.2) is 0 Å². The molecule has 0 radical (unpaired) electrons. The molecule has 0 aromatic heterocycles. The molecule has 2 N–H and O–H groups in total. The molecule has 0 unspecified atom stereocenters. The zero-order valence-electron chi connectivity index (χ0n) is 27.2. The molecule has 0 spiro atoms. The Bertz CT molecular complexity index is 1670. The number of benzene rings is 2. The molecule has 0 bridgehead atoms. The van der Waals surface area contributed by atoms with Crippen molar-refractivity contribution in [1.29, 1.82) is 0 Å². The summed E-state index contributed by atoms with van der Waals surface area (Å²) in [6, 6.07) is 8.81. The highest BCUT2D eigenvalue weighted by atomic mass is 19.4. The molecule has 2 aromatic rings. The van der Waals surface area contributed by atoms with E-state index in [0.29, 0.717) is 13.8 Å². The molecule has 0 heterocycles. The van der Waals surface area contributed by atoms with Gasteiger partial charge in [0, 0.05) is 25.1 Å². The highest BCUT2D eigenvalue weighted by Crippen LogP contribution is 2.64. The molecule has 5 nitrogen and oxygen atoms in total. The van der Waals surface area contributed by atoms with Gasteiger partial charge in [-0.2, -0.15) is 87.8 Å². The lowest BCUT2D eigenvalue weighted by Crippen LogP contribution is -2.74. The average Bonchev–Trinajstić information content (AvgIpc) is 3.04. The SMILES string of the molecule is CC(C)(CCC(F)(F)C(F)(F)C(F)(F)C(F)(F)C(F)(F)C(F)(F)C(F)(F)C(F)(F)F)OC(=O)NCc1ccc(C(=O)NCc2cccc(C(F)(F)F)c2)cc1. The van der Waals surface area contributed by atoms with Gasteiger partial charge < -0.3 is 15.4 Å². The zero-order chi connectivity index (χ0) is 43.1. The third-order valence-electron chi connectivity index (χ3n) is 7.56. The average molecular weight is 840 g/mol. The van der Waals surface area contributed by atoms with Crippen LogP contribution in [0.3, 0.4) is 0 Å². The van der Waals surface area contributed by atoms with Crippen LogP contribution in [0.1, 0.15) is 53.7 Å². The molecule has 0 aliphatic rings. The molecule has 25 heteroatoms. The first-order valence-electron chi connectivity index (χ1n) is 14.6. The van der Waals surface area contributed by atoms with Crippen molar-refractivity contribution in [2.75, 3.05) is 0 Å². The molecular weight excluding hydrogens is 816 g/mol. The molecule has 0 saturated heterocycles. The van der Waals surface area contributed by atoms with Crippen molar-refractivity contribution >= 4 is 12.0 Å². The second kappa shape index (κ2) is 15.0. The Kier molecular flexibility index (Phi) is 12.8. The maximum Gasteiger partial charge on any atom is 0.460 e. The quantitative estimate of drug-likeness (QED) is 0.176. The van der Waals surface area contributed by atoms with Gasteiger partial charge in [0.1, 0.15) is 5.60 Å². The van der Waals surface area contributed by atoms with Gasteiger partial charge in [-0.15, -0.1) is 0 Å². The van der Waals surface area contributed by atoms with E-state index in [2.05, 4.69) is 10.1 Å². The lowest BCUT2D eigenvalue weighted by Gasteiger charge is -2.43. The fourth-order valence-electron chi connectivity index (χ4n) is 4.24. The van der Waals surface area contributed by atoms with Crippen molar-refractivity contribution in [2.45, 2.75) is 99.2 Å². The van der Waals surface area contributed by atoms with Crippen molar-refractivity contribution in [3.05, 3.63) is 70.8 Å². The lowest BCUT2D eigenvalue weighted by atomic mass is 9.87. The Labute approximate surface area is 295 Å². The van der Waals surface area contributed by atoms with E-state index in [1.807, 2.05) is 5.32 Å². The number of carbonyl (C=O) groups is 2. The molecule has 0 saturated carbocycles. The Hall–Kier alpha value is -4.22. The molecule has 0 aliphatic heterocycles. The summed E-state index contributed by atoms with van der Waals surface area (Å²) in [6.45, 7) is 0.458. The Morgan fingerprint density at radius 3 is 1.47 bits per heavy atom. The number of carbonyl (C=O) groups excluding carboxylic acids is 2. The summed E-state index contributed by atoms with van der Waals surface area (Å²) >= 11 is 0. The second-order valence-corrected chi connectivity index (χ2v) is 12.2. The summed E-state index contributed by atoms with van der Waals surface area (Å²) in [5, 5.41) is 4.34. The highest BCUT2D eigenvalue weighted by Gasteiger charge is 2.95. The van der Waals surface area contributed by atoms with Crippen LogP contribution >= 0.6 is 0 Å². The maximum absolute atomic E-state index is 14.3. The number of hydrogen-bond donors (Lipinski definition) is 2. The van der Waals surface area contributed by atoms with Gasteiger partial charge in [-0.1, -0.05) is 24.3 Å². The van der Waals surface area contributed by atoms with Crippen LogP contribution in [-0.2, 0) is 24.0 Å². The number of amides is 2. The van der Waals surface area contributed by atoms with Gasteiger partial charge in [-0.05, 0) is 55.7 Å². The van der Waals surface area contributed by atoms with Gasteiger partial charge in [0.25, 0.3) is 5.91 Å². The largest absolute Gasteiger partial charge is 0.460 e. The van der Waals surface area contributed by atoms with E-state index in [9.17, 15) is 97.4 Å². The van der Waals surface area contributed by atoms with E-state index in [-0.39, 0.29) is 23.2 Å². The lowest BCUT2D eigenvalue weighted by molar-refractivity contribution is -0.462. The monoisotopic (exact) mass is 840 g/mol. The van der Waals surface area contributed by atoms with E-state index < -0.39 is 96.4 Å². The predicted molar refractivity (Wildman–Crippen MR) is 146 cm³/mol. The standard InChI is InChI=1S/C30H24F20N2O3/c1-21(2,10-11-22(31,32)24(36,37)25(38,39)26(40,41)27(42,43)28(44,45)29(46,47)30(48,49)50)55-20(54)52-13-15-6-8-17(9-7-15)19(53)51-14-16-4-3-5-18(12-16)23(33,34)35/h3-9,12H,10-11,13-14H2,1-2H3,(H,51,53)(H,52,54). The van der Waals surface area contributed by atoms with Crippen molar-refractivity contribution in [1.82, 2.24) is 10.6 Å². The smallest absolute Gasteiger partial charge is 0.444 e. The summed E-state index contributed by atoms with van der Waals surface area (Å²) in [5.41, 5.74) is -3.17. The Balaban J connectivity index is 2.06. The number of alkyl halides is 20. The van der Waals surface area contributed by atoms with Crippen LogP contribution in [0.4, 0.5) is 92.6 Å². The summed E-state index contributed by atoms with van der Waals surface area (Å²) in [6.07, 6.45) is -18.6. The minimum atomic E-state index is -8.75. The molecule has 2 rings (SSSR count).